The Labute approximate surface area is 206 Å². The Morgan fingerprint density at radius 1 is 1.35 bits per heavy atom. The number of carbonyl (C=O) groups is 3. The standard InChI is InChI=1S/C22H31N5O5S2/c1-9(2)13(5-23)24-19(29)14-8-33-22(25-14)26-6-12(7-26)34-18-10(3)16-15(11(4)28)20(30)27(16)17(18)21(31)32/h8-13,15-16,28H,5-7,23H2,1-4H3,(H,24,29)(H,31,32)/t10-,11-,13-,15-,16-/m1/s1. The fourth-order valence-corrected chi connectivity index (χ4v) is 7.13. The number of carbonyl (C=O) groups excluding carboxylic acids is 2. The molecule has 3 aliphatic heterocycles. The average Bonchev–Trinajstić information content (AvgIpc) is 3.30. The lowest BCUT2D eigenvalue weighted by molar-refractivity contribution is -0.163. The molecule has 1 aromatic heterocycles. The van der Waals surface area contributed by atoms with E-state index in [1.807, 2.05) is 20.8 Å². The van der Waals surface area contributed by atoms with Gasteiger partial charge in [0.25, 0.3) is 5.91 Å². The number of aromatic nitrogens is 1. The molecule has 2 fully saturated rings. The summed E-state index contributed by atoms with van der Waals surface area (Å²) in [4.78, 5) is 45.5. The smallest absolute Gasteiger partial charge is 0.353 e. The van der Waals surface area contributed by atoms with Crippen molar-refractivity contribution in [3.05, 3.63) is 21.7 Å². The summed E-state index contributed by atoms with van der Waals surface area (Å²) in [6.45, 7) is 9.19. The van der Waals surface area contributed by atoms with Gasteiger partial charge in [-0.3, -0.25) is 9.59 Å². The van der Waals surface area contributed by atoms with Gasteiger partial charge in [0, 0.05) is 47.1 Å². The Balaban J connectivity index is 1.38. The van der Waals surface area contributed by atoms with E-state index in [-0.39, 0.29) is 46.7 Å². The van der Waals surface area contributed by atoms with Crippen molar-refractivity contribution in [1.29, 1.82) is 0 Å². The van der Waals surface area contributed by atoms with Crippen LogP contribution < -0.4 is 16.0 Å². The van der Waals surface area contributed by atoms with Crippen molar-refractivity contribution < 1.29 is 24.6 Å². The van der Waals surface area contributed by atoms with Gasteiger partial charge in [0.1, 0.15) is 11.4 Å². The number of carboxylic acids is 1. The van der Waals surface area contributed by atoms with Crippen molar-refractivity contribution in [1.82, 2.24) is 15.2 Å². The highest BCUT2D eigenvalue weighted by molar-refractivity contribution is 8.03. The molecule has 12 heteroatoms. The van der Waals surface area contributed by atoms with Crippen molar-refractivity contribution >= 4 is 46.0 Å². The van der Waals surface area contributed by atoms with Crippen molar-refractivity contribution in [3.63, 3.8) is 0 Å². The third-order valence-electron chi connectivity index (χ3n) is 6.82. The van der Waals surface area contributed by atoms with Crippen molar-refractivity contribution in [3.8, 4) is 0 Å². The number of aliphatic carboxylic acids is 1. The molecule has 0 unspecified atom stereocenters. The number of rotatable bonds is 9. The largest absolute Gasteiger partial charge is 0.477 e. The van der Waals surface area contributed by atoms with E-state index in [0.717, 1.165) is 5.13 Å². The number of β-lactam (4-membered cyclic amide) rings is 1. The van der Waals surface area contributed by atoms with E-state index < -0.39 is 18.0 Å². The molecule has 5 atom stereocenters. The first-order chi connectivity index (χ1) is 16.0. The van der Waals surface area contributed by atoms with Gasteiger partial charge in [0.15, 0.2) is 5.13 Å². The lowest BCUT2D eigenvalue weighted by Gasteiger charge is -2.46. The summed E-state index contributed by atoms with van der Waals surface area (Å²) in [5.41, 5.74) is 6.15. The first kappa shape index (κ1) is 25.0. The maximum atomic E-state index is 12.5. The number of thioether (sulfide) groups is 1. The molecule has 186 valence electrons. The number of thiazole rings is 1. The zero-order valence-electron chi connectivity index (χ0n) is 19.6. The van der Waals surface area contributed by atoms with Crippen LogP contribution in [0.1, 0.15) is 38.2 Å². The number of hydrogen-bond donors (Lipinski definition) is 4. The Morgan fingerprint density at radius 3 is 2.59 bits per heavy atom. The molecule has 4 rings (SSSR count). The Kier molecular flexibility index (Phi) is 6.96. The van der Waals surface area contributed by atoms with Crippen molar-refractivity contribution in [2.45, 2.75) is 51.1 Å². The number of aliphatic hydroxyl groups is 1. The number of nitrogens with one attached hydrogen (secondary N) is 1. The van der Waals surface area contributed by atoms with Crippen LogP contribution in [0.25, 0.3) is 0 Å². The Bertz CT molecular complexity index is 1020. The number of carboxylic acid groups (broad SMARTS) is 1. The summed E-state index contributed by atoms with van der Waals surface area (Å²) in [7, 11) is 0. The van der Waals surface area contributed by atoms with Gasteiger partial charge in [-0.1, -0.05) is 20.8 Å². The maximum absolute atomic E-state index is 12.5. The second-order valence-corrected chi connectivity index (χ2v) is 11.7. The highest BCUT2D eigenvalue weighted by Gasteiger charge is 2.60. The molecule has 5 N–H and O–H groups in total. The quantitative estimate of drug-likeness (QED) is 0.357. The van der Waals surface area contributed by atoms with E-state index in [1.54, 1.807) is 12.3 Å². The van der Waals surface area contributed by atoms with E-state index in [2.05, 4.69) is 15.2 Å². The van der Waals surface area contributed by atoms with E-state index >= 15 is 0 Å². The molecule has 0 spiro atoms. The van der Waals surface area contributed by atoms with Crippen LogP contribution in [0.15, 0.2) is 16.0 Å². The Hall–Kier alpha value is -2.15. The van der Waals surface area contributed by atoms with Gasteiger partial charge in [-0.2, -0.15) is 0 Å². The second kappa shape index (κ2) is 9.48. The molecule has 2 saturated heterocycles. The van der Waals surface area contributed by atoms with Crippen molar-refractivity contribution in [2.24, 2.45) is 23.5 Å². The van der Waals surface area contributed by atoms with E-state index in [0.29, 0.717) is 30.2 Å². The minimum atomic E-state index is -1.11. The number of aliphatic hydroxyl groups excluding tert-OH is 1. The van der Waals surface area contributed by atoms with Gasteiger partial charge in [0.05, 0.1) is 18.1 Å². The lowest BCUT2D eigenvalue weighted by Crippen LogP contribution is -2.63. The summed E-state index contributed by atoms with van der Waals surface area (Å²) in [5, 5.41) is 25.3. The fraction of sp³-hybridized carbons (Fsp3) is 0.636. The molecule has 0 aliphatic carbocycles. The summed E-state index contributed by atoms with van der Waals surface area (Å²) in [5.74, 6) is -2.16. The van der Waals surface area contributed by atoms with Crippen LogP contribution >= 0.6 is 23.1 Å². The molecule has 1 aromatic rings. The number of hydrogen-bond acceptors (Lipinski definition) is 9. The topological polar surface area (TPSA) is 149 Å². The molecule has 34 heavy (non-hydrogen) atoms. The number of fused-ring (bicyclic) bond motifs is 1. The fourth-order valence-electron chi connectivity index (χ4n) is 4.78. The second-order valence-electron chi connectivity index (χ2n) is 9.49. The highest BCUT2D eigenvalue weighted by atomic mass is 32.2. The van der Waals surface area contributed by atoms with Gasteiger partial charge in [-0.05, 0) is 12.8 Å². The zero-order chi connectivity index (χ0) is 24.9. The number of nitrogens with two attached hydrogens (primary N) is 1. The third kappa shape index (κ3) is 4.21. The molecule has 3 aliphatic rings. The minimum absolute atomic E-state index is 0.0515. The van der Waals surface area contributed by atoms with Gasteiger partial charge in [-0.25, -0.2) is 9.78 Å². The molecular formula is C22H31N5O5S2. The monoisotopic (exact) mass is 509 g/mol. The Morgan fingerprint density at radius 2 is 2.03 bits per heavy atom. The van der Waals surface area contributed by atoms with E-state index in [9.17, 15) is 24.6 Å². The maximum Gasteiger partial charge on any atom is 0.353 e. The summed E-state index contributed by atoms with van der Waals surface area (Å²) < 4.78 is 0. The number of nitrogens with zero attached hydrogens (tertiary/aromatic N) is 3. The predicted octanol–water partition coefficient (Wildman–Crippen LogP) is 0.932. The predicted molar refractivity (Wildman–Crippen MR) is 130 cm³/mol. The first-order valence-electron chi connectivity index (χ1n) is 11.4. The van der Waals surface area contributed by atoms with Crippen molar-refractivity contribution in [2.75, 3.05) is 24.5 Å². The molecule has 4 heterocycles. The van der Waals surface area contributed by atoms with Crippen LogP contribution in [0.4, 0.5) is 5.13 Å². The van der Waals surface area contributed by atoms with Crippen LogP contribution in [-0.4, -0.2) is 81.0 Å². The lowest BCUT2D eigenvalue weighted by atomic mass is 9.79. The van der Waals surface area contributed by atoms with Gasteiger partial charge in [-0.15, -0.1) is 23.1 Å². The minimum Gasteiger partial charge on any atom is -0.477 e. The van der Waals surface area contributed by atoms with Gasteiger partial charge in [0.2, 0.25) is 5.91 Å². The molecule has 10 nitrogen and oxygen atoms in total. The van der Waals surface area contributed by atoms with Crippen LogP contribution in [0.2, 0.25) is 0 Å². The third-order valence-corrected chi connectivity index (χ3v) is 9.18. The van der Waals surface area contributed by atoms with Crippen LogP contribution in [0.3, 0.4) is 0 Å². The van der Waals surface area contributed by atoms with Crippen LogP contribution in [0, 0.1) is 17.8 Å². The molecule has 0 radical (unpaired) electrons. The normalized spacial score (nSPS) is 26.3. The molecule has 0 saturated carbocycles. The summed E-state index contributed by atoms with van der Waals surface area (Å²) >= 11 is 2.89. The number of amides is 2. The highest BCUT2D eigenvalue weighted by Crippen LogP contribution is 2.52. The van der Waals surface area contributed by atoms with Crippen LogP contribution in [0.5, 0.6) is 0 Å². The summed E-state index contributed by atoms with van der Waals surface area (Å²) in [6, 6.07) is -0.417. The molecule has 0 bridgehead atoms. The first-order valence-corrected chi connectivity index (χ1v) is 13.2. The van der Waals surface area contributed by atoms with E-state index in [4.69, 9.17) is 5.73 Å². The molecule has 0 aromatic carbocycles. The number of anilines is 1. The SMILES string of the molecule is CC(C)[C@@H](CN)NC(=O)c1csc(N2CC(SC3=C(C(=O)O)N4C(=O)[C@H]([C@@H](C)O)[C@H]4[C@H]3C)C2)n1. The molecule has 2 amide bonds. The average molecular weight is 510 g/mol. The van der Waals surface area contributed by atoms with Gasteiger partial charge >= 0.3 is 5.97 Å². The van der Waals surface area contributed by atoms with E-state index in [1.165, 1.54) is 28.0 Å². The van der Waals surface area contributed by atoms with Crippen LogP contribution in [-0.2, 0) is 9.59 Å². The zero-order valence-corrected chi connectivity index (χ0v) is 21.2. The summed E-state index contributed by atoms with van der Waals surface area (Å²) in [6.07, 6.45) is -0.813. The molecular weight excluding hydrogens is 478 g/mol. The van der Waals surface area contributed by atoms with Gasteiger partial charge < -0.3 is 31.1 Å².